The van der Waals surface area contributed by atoms with Gasteiger partial charge in [0.25, 0.3) is 0 Å². The van der Waals surface area contributed by atoms with Crippen molar-refractivity contribution in [3.8, 4) is 0 Å². The molecule has 0 fully saturated rings. The summed E-state index contributed by atoms with van der Waals surface area (Å²) in [6.07, 6.45) is 4.09. The number of nitrogens with one attached hydrogen (secondary N) is 3. The van der Waals surface area contributed by atoms with Crippen molar-refractivity contribution in [2.75, 3.05) is 6.54 Å². The molecule has 0 unspecified atom stereocenters. The van der Waals surface area contributed by atoms with E-state index >= 15 is 0 Å². The Labute approximate surface area is 139 Å². The normalized spacial score (nSPS) is 12.2. The van der Waals surface area contributed by atoms with Crippen LogP contribution in [0.15, 0.2) is 59.9 Å². The van der Waals surface area contributed by atoms with Crippen LogP contribution in [0.2, 0.25) is 0 Å². The molecule has 0 atom stereocenters. The molecule has 0 aliphatic rings. The number of imidazole rings is 1. The highest BCUT2D eigenvalue weighted by molar-refractivity contribution is 7.89. The minimum Gasteiger partial charge on any atom is -0.361 e. The van der Waals surface area contributed by atoms with E-state index in [1.165, 1.54) is 0 Å². The second-order valence-corrected chi connectivity index (χ2v) is 7.36. The van der Waals surface area contributed by atoms with Crippen LogP contribution in [-0.4, -0.2) is 29.9 Å². The zero-order valence-electron chi connectivity index (χ0n) is 12.8. The van der Waals surface area contributed by atoms with Gasteiger partial charge in [-0.1, -0.05) is 18.2 Å². The highest BCUT2D eigenvalue weighted by Gasteiger charge is 2.15. The molecule has 0 saturated carbocycles. The molecule has 7 heteroatoms. The number of fused-ring (bicyclic) bond motifs is 2. The Balaban J connectivity index is 1.50. The van der Waals surface area contributed by atoms with E-state index in [9.17, 15) is 8.42 Å². The number of benzene rings is 2. The Kier molecular flexibility index (Phi) is 3.59. The predicted octanol–water partition coefficient (Wildman–Crippen LogP) is 2.57. The van der Waals surface area contributed by atoms with E-state index in [4.69, 9.17) is 0 Å². The van der Waals surface area contributed by atoms with Crippen molar-refractivity contribution in [1.29, 1.82) is 0 Å². The molecule has 0 saturated heterocycles. The summed E-state index contributed by atoms with van der Waals surface area (Å²) in [5.41, 5.74) is 3.60. The Morgan fingerprint density at radius 2 is 1.92 bits per heavy atom. The number of hydrogen-bond donors (Lipinski definition) is 3. The molecular formula is C17H16N4O2S. The van der Waals surface area contributed by atoms with Crippen LogP contribution in [0.5, 0.6) is 0 Å². The first-order valence-electron chi connectivity index (χ1n) is 7.61. The van der Waals surface area contributed by atoms with Gasteiger partial charge >= 0.3 is 0 Å². The quantitative estimate of drug-likeness (QED) is 0.521. The van der Waals surface area contributed by atoms with Crippen LogP contribution in [0.1, 0.15) is 5.56 Å². The molecule has 4 aromatic rings. The number of aromatic nitrogens is 3. The van der Waals surface area contributed by atoms with E-state index in [0.29, 0.717) is 18.5 Å². The third-order valence-corrected chi connectivity index (χ3v) is 5.52. The molecular weight excluding hydrogens is 324 g/mol. The van der Waals surface area contributed by atoms with Crippen LogP contribution >= 0.6 is 0 Å². The van der Waals surface area contributed by atoms with Gasteiger partial charge in [0, 0.05) is 23.6 Å². The van der Waals surface area contributed by atoms with Crippen molar-refractivity contribution < 1.29 is 8.42 Å². The Morgan fingerprint density at radius 3 is 2.83 bits per heavy atom. The summed E-state index contributed by atoms with van der Waals surface area (Å²) in [5.74, 6) is 0. The van der Waals surface area contributed by atoms with Crippen molar-refractivity contribution in [2.45, 2.75) is 11.3 Å². The maximum atomic E-state index is 12.4. The van der Waals surface area contributed by atoms with Gasteiger partial charge in [-0.05, 0) is 36.2 Å². The number of nitrogens with zero attached hydrogens (tertiary/aromatic N) is 1. The van der Waals surface area contributed by atoms with Crippen LogP contribution < -0.4 is 4.72 Å². The maximum absolute atomic E-state index is 12.4. The lowest BCUT2D eigenvalue weighted by molar-refractivity contribution is 0.582. The molecule has 0 radical (unpaired) electrons. The Bertz CT molecular complexity index is 1110. The number of hydrogen-bond acceptors (Lipinski definition) is 3. The molecule has 24 heavy (non-hydrogen) atoms. The minimum atomic E-state index is -3.54. The standard InChI is InChI=1S/C17H16N4O2S/c22-24(23,13-5-6-16-17(9-13)20-11-19-16)21-8-7-12-10-18-15-4-2-1-3-14(12)15/h1-6,9-11,18,21H,7-8H2,(H,19,20). The van der Waals surface area contributed by atoms with E-state index in [1.807, 2.05) is 30.5 Å². The largest absolute Gasteiger partial charge is 0.361 e. The molecule has 3 N–H and O–H groups in total. The van der Waals surface area contributed by atoms with E-state index in [2.05, 4.69) is 19.7 Å². The number of para-hydroxylation sites is 1. The van der Waals surface area contributed by atoms with Gasteiger partial charge in [0.2, 0.25) is 10.0 Å². The fourth-order valence-electron chi connectivity index (χ4n) is 2.82. The van der Waals surface area contributed by atoms with Gasteiger partial charge in [-0.3, -0.25) is 0 Å². The van der Waals surface area contributed by atoms with Gasteiger partial charge in [-0.15, -0.1) is 0 Å². The Morgan fingerprint density at radius 1 is 1.04 bits per heavy atom. The smallest absolute Gasteiger partial charge is 0.240 e. The molecule has 0 amide bonds. The zero-order chi connectivity index (χ0) is 16.6. The van der Waals surface area contributed by atoms with Crippen molar-refractivity contribution in [2.24, 2.45) is 0 Å². The van der Waals surface area contributed by atoms with Crippen LogP contribution in [-0.2, 0) is 16.4 Å². The molecule has 0 aliphatic carbocycles. The molecule has 0 spiro atoms. The first-order chi connectivity index (χ1) is 11.6. The molecule has 2 heterocycles. The number of aromatic amines is 2. The van der Waals surface area contributed by atoms with Gasteiger partial charge in [0.1, 0.15) is 0 Å². The third-order valence-electron chi connectivity index (χ3n) is 4.06. The van der Waals surface area contributed by atoms with Crippen molar-refractivity contribution >= 4 is 32.0 Å². The third kappa shape index (κ3) is 2.68. The van der Waals surface area contributed by atoms with Crippen molar-refractivity contribution in [3.05, 3.63) is 60.6 Å². The highest BCUT2D eigenvalue weighted by atomic mass is 32.2. The highest BCUT2D eigenvalue weighted by Crippen LogP contribution is 2.19. The number of H-pyrrole nitrogens is 2. The molecule has 4 rings (SSSR count). The lowest BCUT2D eigenvalue weighted by atomic mass is 10.1. The number of sulfonamides is 1. The lowest BCUT2D eigenvalue weighted by Crippen LogP contribution is -2.25. The first kappa shape index (κ1) is 14.9. The van der Waals surface area contributed by atoms with Crippen molar-refractivity contribution in [1.82, 2.24) is 19.7 Å². The number of rotatable bonds is 5. The van der Waals surface area contributed by atoms with Gasteiger partial charge < -0.3 is 9.97 Å². The summed E-state index contributed by atoms with van der Waals surface area (Å²) >= 11 is 0. The van der Waals surface area contributed by atoms with E-state index in [-0.39, 0.29) is 4.90 Å². The molecule has 0 aliphatic heterocycles. The van der Waals surface area contributed by atoms with Gasteiger partial charge in [-0.2, -0.15) is 0 Å². The average molecular weight is 340 g/mol. The zero-order valence-corrected chi connectivity index (χ0v) is 13.6. The molecule has 122 valence electrons. The van der Waals surface area contributed by atoms with Gasteiger partial charge in [0.05, 0.1) is 22.3 Å². The SMILES string of the molecule is O=S(=O)(NCCc1c[nH]c2ccccc12)c1ccc2nc[nH]c2c1. The summed E-state index contributed by atoms with van der Waals surface area (Å²) in [6.45, 7) is 0.338. The summed E-state index contributed by atoms with van der Waals surface area (Å²) in [7, 11) is -3.54. The topological polar surface area (TPSA) is 90.6 Å². The predicted molar refractivity (Wildman–Crippen MR) is 93.3 cm³/mol. The monoisotopic (exact) mass is 340 g/mol. The van der Waals surface area contributed by atoms with Crippen LogP contribution in [0, 0.1) is 0 Å². The van der Waals surface area contributed by atoms with Crippen molar-refractivity contribution in [3.63, 3.8) is 0 Å². The van der Waals surface area contributed by atoms with E-state index in [1.54, 1.807) is 24.5 Å². The molecule has 2 aromatic heterocycles. The second-order valence-electron chi connectivity index (χ2n) is 5.59. The second kappa shape index (κ2) is 5.77. The maximum Gasteiger partial charge on any atom is 0.240 e. The molecule has 0 bridgehead atoms. The summed E-state index contributed by atoms with van der Waals surface area (Å²) < 4.78 is 27.5. The summed E-state index contributed by atoms with van der Waals surface area (Å²) in [6, 6.07) is 12.8. The van der Waals surface area contributed by atoms with Gasteiger partial charge in [-0.25, -0.2) is 18.1 Å². The fourth-order valence-corrected chi connectivity index (χ4v) is 3.88. The van der Waals surface area contributed by atoms with Gasteiger partial charge in [0.15, 0.2) is 0 Å². The molecule has 2 aromatic carbocycles. The lowest BCUT2D eigenvalue weighted by Gasteiger charge is -2.06. The van der Waals surface area contributed by atoms with Crippen LogP contribution in [0.3, 0.4) is 0 Å². The van der Waals surface area contributed by atoms with Crippen LogP contribution in [0.4, 0.5) is 0 Å². The summed E-state index contributed by atoms with van der Waals surface area (Å²) in [4.78, 5) is 10.4. The average Bonchev–Trinajstić information content (AvgIpc) is 3.21. The fraction of sp³-hybridized carbons (Fsp3) is 0.118. The summed E-state index contributed by atoms with van der Waals surface area (Å²) in [5, 5.41) is 1.12. The van der Waals surface area contributed by atoms with E-state index < -0.39 is 10.0 Å². The first-order valence-corrected chi connectivity index (χ1v) is 9.10. The Hall–Kier alpha value is -2.64. The molecule has 6 nitrogen and oxygen atoms in total. The van der Waals surface area contributed by atoms with Crippen LogP contribution in [0.25, 0.3) is 21.9 Å². The minimum absolute atomic E-state index is 0.234. The van der Waals surface area contributed by atoms with E-state index in [0.717, 1.165) is 22.0 Å².